The van der Waals surface area contributed by atoms with Gasteiger partial charge in [0.15, 0.2) is 0 Å². The zero-order chi connectivity index (χ0) is 19.2. The number of hydrogen-bond acceptors (Lipinski definition) is 3. The summed E-state index contributed by atoms with van der Waals surface area (Å²) < 4.78 is 25.0. The maximum Gasteiger partial charge on any atom is 0.239 e. The second kappa shape index (κ2) is 6.36. The largest absolute Gasteiger partial charge is 0.460 e. The highest BCUT2D eigenvalue weighted by atomic mass is 79.9. The van der Waals surface area contributed by atoms with Crippen LogP contribution in [-0.4, -0.2) is 9.55 Å². The van der Waals surface area contributed by atoms with Gasteiger partial charge < -0.3 is 4.42 Å². The van der Waals surface area contributed by atoms with Gasteiger partial charge in [-0.05, 0) is 53.5 Å². The van der Waals surface area contributed by atoms with E-state index in [0.29, 0.717) is 22.3 Å². The second-order valence-corrected chi connectivity index (χ2v) is 7.22. The van der Waals surface area contributed by atoms with Crippen LogP contribution in [0.1, 0.15) is 28.0 Å². The van der Waals surface area contributed by atoms with Crippen molar-refractivity contribution in [2.45, 2.75) is 19.6 Å². The lowest BCUT2D eigenvalue weighted by Gasteiger charge is -2.29. The summed E-state index contributed by atoms with van der Waals surface area (Å²) in [5.41, 5.74) is 2.83. The maximum absolute atomic E-state index is 16.9. The average molecular weight is 424 g/mol. The molecule has 1 unspecified atom stereocenters. The highest BCUT2D eigenvalue weighted by Gasteiger charge is 2.39. The molecule has 0 aliphatic carbocycles. The molecular weight excluding hydrogens is 409 g/mol. The van der Waals surface area contributed by atoms with Crippen molar-refractivity contribution in [1.82, 2.24) is 9.55 Å². The lowest BCUT2D eigenvalue weighted by molar-refractivity contribution is 0.178. The summed E-state index contributed by atoms with van der Waals surface area (Å²) in [7, 11) is 0. The fourth-order valence-corrected chi connectivity index (χ4v) is 3.77. The van der Waals surface area contributed by atoms with Crippen LogP contribution in [0.25, 0.3) is 11.0 Å². The summed E-state index contributed by atoms with van der Waals surface area (Å²) in [5, 5.41) is 9.79. The molecule has 0 radical (unpaired) electrons. The number of fused-ring (bicyclic) bond motifs is 1. The molecule has 4 rings (SSSR count). The summed E-state index contributed by atoms with van der Waals surface area (Å²) in [6.07, 6.45) is 4.59. The first-order chi connectivity index (χ1) is 13.0. The molecule has 0 spiro atoms. The zero-order valence-electron chi connectivity index (χ0n) is 14.7. The van der Waals surface area contributed by atoms with Crippen LogP contribution in [0.3, 0.4) is 0 Å². The fourth-order valence-electron chi connectivity index (χ4n) is 3.36. The Bertz CT molecular complexity index is 1170. The summed E-state index contributed by atoms with van der Waals surface area (Å²) >= 11 is 3.50. The van der Waals surface area contributed by atoms with Gasteiger partial charge in [-0.15, -0.1) is 0 Å². The third-order valence-corrected chi connectivity index (χ3v) is 5.51. The van der Waals surface area contributed by atoms with Crippen molar-refractivity contribution in [3.8, 4) is 6.07 Å². The summed E-state index contributed by atoms with van der Waals surface area (Å²) in [6.45, 7) is 3.79. The Morgan fingerprint density at radius 1 is 1.19 bits per heavy atom. The quantitative estimate of drug-likeness (QED) is 0.430. The average Bonchev–Trinajstić information content (AvgIpc) is 3.32. The third-order valence-electron chi connectivity index (χ3n) is 4.88. The van der Waals surface area contributed by atoms with E-state index in [2.05, 4.69) is 27.0 Å². The van der Waals surface area contributed by atoms with Gasteiger partial charge in [-0.3, -0.25) is 4.57 Å². The van der Waals surface area contributed by atoms with E-state index in [0.717, 1.165) is 21.2 Å². The molecule has 4 nitrogen and oxygen atoms in total. The zero-order valence-corrected chi connectivity index (χ0v) is 16.3. The van der Waals surface area contributed by atoms with E-state index in [1.54, 1.807) is 48.8 Å². The van der Waals surface area contributed by atoms with Crippen LogP contribution in [0.4, 0.5) is 4.39 Å². The smallest absolute Gasteiger partial charge is 0.239 e. The van der Waals surface area contributed by atoms with Crippen LogP contribution >= 0.6 is 15.9 Å². The van der Waals surface area contributed by atoms with Gasteiger partial charge in [0.1, 0.15) is 11.3 Å². The first-order valence-corrected chi connectivity index (χ1v) is 9.12. The molecule has 0 amide bonds. The number of imidazole rings is 1. The molecule has 0 saturated heterocycles. The van der Waals surface area contributed by atoms with Crippen molar-refractivity contribution in [3.05, 3.63) is 87.6 Å². The van der Waals surface area contributed by atoms with E-state index in [9.17, 15) is 0 Å². The van der Waals surface area contributed by atoms with Crippen LogP contribution in [0.15, 0.2) is 64.0 Å². The van der Waals surface area contributed by atoms with E-state index in [-0.39, 0.29) is 0 Å². The first-order valence-electron chi connectivity index (χ1n) is 8.33. The minimum absolute atomic E-state index is 0.404. The third kappa shape index (κ3) is 2.58. The van der Waals surface area contributed by atoms with Gasteiger partial charge >= 0.3 is 0 Å². The highest BCUT2D eigenvalue weighted by molar-refractivity contribution is 9.10. The first kappa shape index (κ1) is 17.5. The minimum atomic E-state index is -2.01. The molecule has 0 saturated carbocycles. The topological polar surface area (TPSA) is 54.8 Å². The molecule has 2 heterocycles. The molecular formula is C21H15BrFN3O. The fraction of sp³-hybridized carbons (Fsp3) is 0.143. The Morgan fingerprint density at radius 2 is 1.93 bits per heavy atom. The molecule has 1 atom stereocenters. The predicted molar refractivity (Wildman–Crippen MR) is 104 cm³/mol. The minimum Gasteiger partial charge on any atom is -0.460 e. The Labute approximate surface area is 164 Å². The van der Waals surface area contributed by atoms with Crippen LogP contribution in [0.5, 0.6) is 0 Å². The number of hydrogen-bond donors (Lipinski definition) is 0. The van der Waals surface area contributed by atoms with Crippen LogP contribution in [0, 0.1) is 25.2 Å². The molecule has 6 heteroatoms. The van der Waals surface area contributed by atoms with Gasteiger partial charge in [-0.1, -0.05) is 18.2 Å². The molecule has 0 bridgehead atoms. The number of alkyl halides is 1. The number of aromatic nitrogens is 2. The van der Waals surface area contributed by atoms with Crippen molar-refractivity contribution >= 4 is 26.9 Å². The van der Waals surface area contributed by atoms with Crippen molar-refractivity contribution < 1.29 is 8.81 Å². The molecule has 2 aromatic carbocycles. The van der Waals surface area contributed by atoms with E-state index in [4.69, 9.17) is 9.68 Å². The second-order valence-electron chi connectivity index (χ2n) is 6.36. The van der Waals surface area contributed by atoms with Crippen molar-refractivity contribution in [2.75, 3.05) is 0 Å². The number of rotatable bonds is 3. The summed E-state index contributed by atoms with van der Waals surface area (Å²) in [6, 6.07) is 12.1. The molecule has 0 aliphatic rings. The summed E-state index contributed by atoms with van der Waals surface area (Å²) in [5.74, 6) is -1.27. The Balaban J connectivity index is 2.08. The SMILES string of the molecule is Cc1oc2c(Br)ccc(C(F)(c3ccc(C#N)cc3)n3ccnc3)c2c1C. The molecule has 0 fully saturated rings. The number of benzene rings is 2. The number of halogens is 2. The Morgan fingerprint density at radius 3 is 2.56 bits per heavy atom. The monoisotopic (exact) mass is 423 g/mol. The van der Waals surface area contributed by atoms with E-state index in [1.807, 2.05) is 13.8 Å². The van der Waals surface area contributed by atoms with Crippen molar-refractivity contribution in [2.24, 2.45) is 0 Å². The van der Waals surface area contributed by atoms with Gasteiger partial charge in [0.25, 0.3) is 0 Å². The molecule has 0 N–H and O–H groups in total. The standard InChI is InChI=1S/C21H15BrFN3O/c1-13-14(2)27-20-18(22)8-7-17(19(13)20)21(23,26-10-9-25-12-26)16-5-3-15(11-24)4-6-16/h3-10,12H,1-2H3. The predicted octanol–water partition coefficient (Wildman–Crippen LogP) is 5.60. The van der Waals surface area contributed by atoms with E-state index in [1.165, 1.54) is 10.9 Å². The molecule has 0 aliphatic heterocycles. The molecule has 27 heavy (non-hydrogen) atoms. The van der Waals surface area contributed by atoms with E-state index < -0.39 is 5.79 Å². The van der Waals surface area contributed by atoms with Gasteiger partial charge in [0.2, 0.25) is 5.79 Å². The Hall–Kier alpha value is -2.91. The van der Waals surface area contributed by atoms with Crippen molar-refractivity contribution in [3.63, 3.8) is 0 Å². The molecule has 134 valence electrons. The van der Waals surface area contributed by atoms with Gasteiger partial charge in [0, 0.05) is 28.9 Å². The van der Waals surface area contributed by atoms with Gasteiger partial charge in [0.05, 0.1) is 22.4 Å². The van der Waals surface area contributed by atoms with Crippen LogP contribution in [-0.2, 0) is 5.79 Å². The molecule has 2 aromatic heterocycles. The van der Waals surface area contributed by atoms with Crippen molar-refractivity contribution in [1.29, 1.82) is 5.26 Å². The van der Waals surface area contributed by atoms with Gasteiger partial charge in [-0.2, -0.15) is 5.26 Å². The van der Waals surface area contributed by atoms with Crippen LogP contribution < -0.4 is 0 Å². The lowest BCUT2D eigenvalue weighted by Crippen LogP contribution is -2.30. The molecule has 4 aromatic rings. The maximum atomic E-state index is 16.9. The number of nitriles is 1. The van der Waals surface area contributed by atoms with E-state index >= 15 is 4.39 Å². The Kier molecular flexibility index (Phi) is 4.12. The van der Waals surface area contributed by atoms with Crippen LogP contribution in [0.2, 0.25) is 0 Å². The summed E-state index contributed by atoms with van der Waals surface area (Å²) in [4.78, 5) is 4.04. The number of furan rings is 1. The van der Waals surface area contributed by atoms with Gasteiger partial charge in [-0.25, -0.2) is 9.37 Å². The lowest BCUT2D eigenvalue weighted by atomic mass is 9.91. The highest BCUT2D eigenvalue weighted by Crippen LogP contribution is 2.43. The number of aryl methyl sites for hydroxylation is 2. The normalized spacial score (nSPS) is 13.4. The number of nitrogens with zero attached hydrogens (tertiary/aromatic N) is 3.